The third-order valence-corrected chi connectivity index (χ3v) is 4.67. The van der Waals surface area contributed by atoms with Crippen LogP contribution in [0.3, 0.4) is 0 Å². The van der Waals surface area contributed by atoms with Crippen molar-refractivity contribution in [2.45, 2.75) is 13.0 Å². The van der Waals surface area contributed by atoms with Crippen LogP contribution in [-0.2, 0) is 7.05 Å². The second-order valence-corrected chi connectivity index (χ2v) is 6.44. The van der Waals surface area contributed by atoms with Gasteiger partial charge in [-0.2, -0.15) is 0 Å². The Labute approximate surface area is 142 Å². The largest absolute Gasteiger partial charge is 0.342 e. The maximum Gasteiger partial charge on any atom is 0.263 e. The molecule has 1 aromatic carbocycles. The number of halogens is 1. The summed E-state index contributed by atoms with van der Waals surface area (Å²) in [7, 11) is 1.83. The molecule has 2 heterocycles. The van der Waals surface area contributed by atoms with Gasteiger partial charge in [0.05, 0.1) is 17.3 Å². The van der Waals surface area contributed by atoms with Crippen LogP contribution in [0, 0.1) is 0 Å². The Morgan fingerprint density at radius 3 is 2.87 bits per heavy atom. The van der Waals surface area contributed by atoms with Gasteiger partial charge in [-0.1, -0.05) is 29.8 Å². The highest BCUT2D eigenvalue weighted by Crippen LogP contribution is 2.31. The second-order valence-electron chi connectivity index (χ2n) is 5.00. The molecule has 6 nitrogen and oxygen atoms in total. The fourth-order valence-electron chi connectivity index (χ4n) is 2.15. The van der Waals surface area contributed by atoms with Crippen molar-refractivity contribution in [3.05, 3.63) is 52.5 Å². The molecule has 0 aliphatic rings. The Balaban J connectivity index is 1.77. The van der Waals surface area contributed by atoms with Crippen molar-refractivity contribution in [3.8, 4) is 10.6 Å². The molecule has 0 fully saturated rings. The van der Waals surface area contributed by atoms with Crippen LogP contribution >= 0.6 is 22.9 Å². The summed E-state index contributed by atoms with van der Waals surface area (Å²) in [5, 5.41) is 12.0. The maximum absolute atomic E-state index is 12.4. The summed E-state index contributed by atoms with van der Waals surface area (Å²) in [6.45, 7) is 1.86. The third kappa shape index (κ3) is 3.25. The Morgan fingerprint density at radius 1 is 1.39 bits per heavy atom. The lowest BCUT2D eigenvalue weighted by Gasteiger charge is -2.11. The summed E-state index contributed by atoms with van der Waals surface area (Å²) in [4.78, 5) is 17.2. The van der Waals surface area contributed by atoms with E-state index in [-0.39, 0.29) is 11.9 Å². The Kier molecular flexibility index (Phi) is 4.40. The fraction of sp³-hybridized carbons (Fsp3) is 0.200. The van der Waals surface area contributed by atoms with E-state index in [1.165, 1.54) is 11.3 Å². The minimum Gasteiger partial charge on any atom is -0.342 e. The smallest absolute Gasteiger partial charge is 0.263 e. The number of carbonyl (C=O) groups is 1. The number of rotatable bonds is 4. The number of carbonyl (C=O) groups excluding carboxylic acids is 1. The SMILES string of the molecule is CC(NC(=O)c1cnc(-c2ccccc2Cl)s1)c1nncn1C. The number of thiazole rings is 1. The quantitative estimate of drug-likeness (QED) is 0.787. The second kappa shape index (κ2) is 6.47. The van der Waals surface area contributed by atoms with Crippen molar-refractivity contribution in [3.63, 3.8) is 0 Å². The lowest BCUT2D eigenvalue weighted by atomic mass is 10.2. The van der Waals surface area contributed by atoms with E-state index in [0.29, 0.717) is 20.7 Å². The molecule has 1 atom stereocenters. The zero-order chi connectivity index (χ0) is 16.4. The van der Waals surface area contributed by atoms with Gasteiger partial charge in [-0.3, -0.25) is 4.79 Å². The van der Waals surface area contributed by atoms with Gasteiger partial charge in [-0.15, -0.1) is 21.5 Å². The maximum atomic E-state index is 12.4. The Morgan fingerprint density at radius 2 is 2.17 bits per heavy atom. The lowest BCUT2D eigenvalue weighted by molar-refractivity contribution is 0.0941. The summed E-state index contributed by atoms with van der Waals surface area (Å²) in [5.41, 5.74) is 0.819. The zero-order valence-electron chi connectivity index (χ0n) is 12.5. The zero-order valence-corrected chi connectivity index (χ0v) is 14.1. The highest BCUT2D eigenvalue weighted by Gasteiger charge is 2.18. The van der Waals surface area contributed by atoms with Crippen molar-refractivity contribution in [2.75, 3.05) is 0 Å². The van der Waals surface area contributed by atoms with E-state index in [9.17, 15) is 4.79 Å². The van der Waals surface area contributed by atoms with Crippen molar-refractivity contribution >= 4 is 28.8 Å². The third-order valence-electron chi connectivity index (χ3n) is 3.32. The van der Waals surface area contributed by atoms with Gasteiger partial charge in [0, 0.05) is 12.6 Å². The van der Waals surface area contributed by atoms with Crippen molar-refractivity contribution < 1.29 is 4.79 Å². The number of benzene rings is 1. The van der Waals surface area contributed by atoms with Gasteiger partial charge in [0.2, 0.25) is 0 Å². The van der Waals surface area contributed by atoms with Crippen LogP contribution in [-0.4, -0.2) is 25.7 Å². The fourth-order valence-corrected chi connectivity index (χ4v) is 3.29. The molecule has 0 radical (unpaired) electrons. The Bertz CT molecular complexity index is 844. The van der Waals surface area contributed by atoms with Crippen molar-refractivity contribution in [1.82, 2.24) is 25.1 Å². The molecule has 0 spiro atoms. The number of hydrogen-bond acceptors (Lipinski definition) is 5. The van der Waals surface area contributed by atoms with Crippen LogP contribution in [0.5, 0.6) is 0 Å². The van der Waals surface area contributed by atoms with E-state index in [1.807, 2.05) is 32.2 Å². The molecule has 2 aromatic heterocycles. The average Bonchev–Trinajstić information content (AvgIpc) is 3.16. The molecule has 23 heavy (non-hydrogen) atoms. The predicted octanol–water partition coefficient (Wildman–Crippen LogP) is 3.08. The van der Waals surface area contributed by atoms with Gasteiger partial charge in [-0.25, -0.2) is 4.98 Å². The summed E-state index contributed by atoms with van der Waals surface area (Å²) in [6, 6.07) is 7.17. The number of aryl methyl sites for hydroxylation is 1. The molecule has 0 aliphatic heterocycles. The van der Waals surface area contributed by atoms with Gasteiger partial charge in [-0.05, 0) is 13.0 Å². The molecular formula is C15H14ClN5OS. The average molecular weight is 348 g/mol. The predicted molar refractivity (Wildman–Crippen MR) is 89.4 cm³/mol. The van der Waals surface area contributed by atoms with Gasteiger partial charge in [0.25, 0.3) is 5.91 Å². The molecule has 1 amide bonds. The molecule has 1 unspecified atom stereocenters. The standard InChI is InChI=1S/C15H14ClN5OS/c1-9(13-20-18-8-21(13)2)19-14(22)12-7-17-15(23-12)10-5-3-4-6-11(10)16/h3-9H,1-2H3,(H,19,22). The normalized spacial score (nSPS) is 12.1. The number of nitrogens with zero attached hydrogens (tertiary/aromatic N) is 4. The van der Waals surface area contributed by atoms with Gasteiger partial charge in [0.15, 0.2) is 5.82 Å². The minimum atomic E-state index is -0.249. The van der Waals surface area contributed by atoms with E-state index in [4.69, 9.17) is 11.6 Å². The lowest BCUT2D eigenvalue weighted by Crippen LogP contribution is -2.27. The highest BCUT2D eigenvalue weighted by atomic mass is 35.5. The van der Waals surface area contributed by atoms with E-state index >= 15 is 0 Å². The summed E-state index contributed by atoms with van der Waals surface area (Å²) in [6.07, 6.45) is 3.16. The van der Waals surface area contributed by atoms with E-state index < -0.39 is 0 Å². The van der Waals surface area contributed by atoms with E-state index in [0.717, 1.165) is 5.56 Å². The first-order chi connectivity index (χ1) is 11.1. The summed E-state index contributed by atoms with van der Waals surface area (Å²) < 4.78 is 1.77. The van der Waals surface area contributed by atoms with Crippen LogP contribution in [0.25, 0.3) is 10.6 Å². The molecule has 0 bridgehead atoms. The van der Waals surface area contributed by atoms with E-state index in [1.54, 1.807) is 23.2 Å². The number of amides is 1. The summed E-state index contributed by atoms with van der Waals surface area (Å²) in [5.74, 6) is 0.491. The minimum absolute atomic E-state index is 0.198. The van der Waals surface area contributed by atoms with Crippen LogP contribution in [0.2, 0.25) is 5.02 Å². The van der Waals surface area contributed by atoms with Gasteiger partial charge in [0.1, 0.15) is 16.2 Å². The molecule has 0 saturated carbocycles. The molecule has 118 valence electrons. The van der Waals surface area contributed by atoms with Crippen molar-refractivity contribution in [2.24, 2.45) is 7.05 Å². The number of hydrogen-bond donors (Lipinski definition) is 1. The number of aromatic nitrogens is 4. The topological polar surface area (TPSA) is 72.7 Å². The van der Waals surface area contributed by atoms with E-state index in [2.05, 4.69) is 20.5 Å². The van der Waals surface area contributed by atoms with Crippen LogP contribution in [0.1, 0.15) is 28.5 Å². The van der Waals surface area contributed by atoms with Crippen LogP contribution in [0.4, 0.5) is 0 Å². The summed E-state index contributed by atoms with van der Waals surface area (Å²) >= 11 is 7.47. The van der Waals surface area contributed by atoms with Crippen LogP contribution < -0.4 is 5.32 Å². The van der Waals surface area contributed by atoms with Gasteiger partial charge >= 0.3 is 0 Å². The first-order valence-corrected chi connectivity index (χ1v) is 8.11. The monoisotopic (exact) mass is 347 g/mol. The van der Waals surface area contributed by atoms with Crippen LogP contribution in [0.15, 0.2) is 36.8 Å². The molecule has 3 rings (SSSR count). The molecule has 1 N–H and O–H groups in total. The number of nitrogens with one attached hydrogen (secondary N) is 1. The first-order valence-electron chi connectivity index (χ1n) is 6.91. The van der Waals surface area contributed by atoms with Crippen molar-refractivity contribution in [1.29, 1.82) is 0 Å². The Hall–Kier alpha value is -2.25. The molecule has 8 heteroatoms. The first kappa shape index (κ1) is 15.6. The molecule has 0 aliphatic carbocycles. The molecule has 3 aromatic rings. The van der Waals surface area contributed by atoms with Gasteiger partial charge < -0.3 is 9.88 Å². The molecule has 0 saturated heterocycles. The highest BCUT2D eigenvalue weighted by molar-refractivity contribution is 7.17. The molecular weight excluding hydrogens is 334 g/mol.